The van der Waals surface area contributed by atoms with Gasteiger partial charge in [0.1, 0.15) is 5.54 Å². The van der Waals surface area contributed by atoms with E-state index in [4.69, 9.17) is 5.73 Å². The lowest BCUT2D eigenvalue weighted by Gasteiger charge is -2.33. The van der Waals surface area contributed by atoms with Crippen LogP contribution in [0.3, 0.4) is 0 Å². The fourth-order valence-electron chi connectivity index (χ4n) is 2.23. The Morgan fingerprint density at radius 3 is 2.42 bits per heavy atom. The summed E-state index contributed by atoms with van der Waals surface area (Å²) in [6.07, 6.45) is 0.671. The molecule has 1 amide bonds. The number of hydrogen-bond donors (Lipinski definition) is 2. The second kappa shape index (κ2) is 7.26. The second-order valence-electron chi connectivity index (χ2n) is 4.81. The Bertz CT molecular complexity index is 394. The molecule has 106 valence electrons. The predicted octanol–water partition coefficient (Wildman–Crippen LogP) is 1.32. The number of carbonyl (C=O) groups excluding carboxylic acids is 1. The topological polar surface area (TPSA) is 58.4 Å². The van der Waals surface area contributed by atoms with Crippen LogP contribution in [0.1, 0.15) is 25.8 Å². The minimum absolute atomic E-state index is 0.315. The summed E-state index contributed by atoms with van der Waals surface area (Å²) >= 11 is 0. The summed E-state index contributed by atoms with van der Waals surface area (Å²) in [5.74, 6) is -0.315. The molecule has 4 nitrogen and oxygen atoms in total. The highest BCUT2D eigenvalue weighted by Gasteiger charge is 2.37. The zero-order valence-electron chi connectivity index (χ0n) is 12.1. The lowest BCUT2D eigenvalue weighted by Crippen LogP contribution is -2.54. The van der Waals surface area contributed by atoms with Gasteiger partial charge >= 0.3 is 0 Å². The number of carbonyl (C=O) groups is 1. The highest BCUT2D eigenvalue weighted by Crippen LogP contribution is 2.25. The molecule has 19 heavy (non-hydrogen) atoms. The molecule has 1 atom stereocenters. The van der Waals surface area contributed by atoms with Gasteiger partial charge in [0, 0.05) is 6.54 Å². The van der Waals surface area contributed by atoms with Gasteiger partial charge in [-0.15, -0.1) is 0 Å². The average molecular weight is 263 g/mol. The van der Waals surface area contributed by atoms with Gasteiger partial charge in [-0.1, -0.05) is 44.2 Å². The first kappa shape index (κ1) is 15.7. The number of amides is 1. The molecule has 0 aromatic heterocycles. The van der Waals surface area contributed by atoms with Crippen LogP contribution >= 0.6 is 0 Å². The molecular weight excluding hydrogens is 238 g/mol. The minimum atomic E-state index is -0.778. The van der Waals surface area contributed by atoms with Gasteiger partial charge in [-0.3, -0.25) is 10.1 Å². The molecule has 1 rings (SSSR count). The SMILES string of the molecule is CCNC(CCN(C)CC)(C(N)=O)c1ccccc1. The zero-order chi connectivity index (χ0) is 14.3. The van der Waals surface area contributed by atoms with E-state index in [9.17, 15) is 4.79 Å². The Kier molecular flexibility index (Phi) is 5.99. The van der Waals surface area contributed by atoms with Crippen molar-refractivity contribution in [1.29, 1.82) is 0 Å². The van der Waals surface area contributed by atoms with Crippen LogP contribution in [0, 0.1) is 0 Å². The average Bonchev–Trinajstić information content (AvgIpc) is 2.43. The highest BCUT2D eigenvalue weighted by atomic mass is 16.1. The van der Waals surface area contributed by atoms with E-state index in [-0.39, 0.29) is 5.91 Å². The normalized spacial score (nSPS) is 14.3. The van der Waals surface area contributed by atoms with Crippen molar-refractivity contribution in [2.24, 2.45) is 5.73 Å². The van der Waals surface area contributed by atoms with E-state index in [2.05, 4.69) is 17.1 Å². The quantitative estimate of drug-likeness (QED) is 0.743. The van der Waals surface area contributed by atoms with Crippen molar-refractivity contribution in [3.8, 4) is 0 Å². The smallest absolute Gasteiger partial charge is 0.242 e. The number of rotatable bonds is 8. The second-order valence-corrected chi connectivity index (χ2v) is 4.81. The van der Waals surface area contributed by atoms with Crippen LogP contribution in [-0.4, -0.2) is 37.5 Å². The number of nitrogens with two attached hydrogens (primary N) is 1. The summed E-state index contributed by atoms with van der Waals surface area (Å²) in [6, 6.07) is 9.74. The Hall–Kier alpha value is -1.39. The molecule has 0 heterocycles. The third kappa shape index (κ3) is 3.78. The molecule has 0 radical (unpaired) electrons. The van der Waals surface area contributed by atoms with E-state index in [0.29, 0.717) is 13.0 Å². The maximum Gasteiger partial charge on any atom is 0.242 e. The molecule has 0 fully saturated rings. The molecule has 1 unspecified atom stereocenters. The van der Waals surface area contributed by atoms with E-state index in [1.807, 2.05) is 44.3 Å². The third-order valence-electron chi connectivity index (χ3n) is 3.57. The summed E-state index contributed by atoms with van der Waals surface area (Å²) in [5, 5.41) is 3.29. The summed E-state index contributed by atoms with van der Waals surface area (Å²) in [6.45, 7) is 6.57. The third-order valence-corrected chi connectivity index (χ3v) is 3.57. The van der Waals surface area contributed by atoms with Crippen molar-refractivity contribution in [2.45, 2.75) is 25.8 Å². The Balaban J connectivity index is 3.04. The highest BCUT2D eigenvalue weighted by molar-refractivity contribution is 5.86. The van der Waals surface area contributed by atoms with Crippen LogP contribution in [0.25, 0.3) is 0 Å². The van der Waals surface area contributed by atoms with Gasteiger partial charge < -0.3 is 10.6 Å². The Morgan fingerprint density at radius 2 is 1.95 bits per heavy atom. The molecule has 0 spiro atoms. The summed E-state index contributed by atoms with van der Waals surface area (Å²) < 4.78 is 0. The van der Waals surface area contributed by atoms with Crippen LogP contribution in [0.2, 0.25) is 0 Å². The monoisotopic (exact) mass is 263 g/mol. The number of primary amides is 1. The van der Waals surface area contributed by atoms with Crippen LogP contribution < -0.4 is 11.1 Å². The maximum atomic E-state index is 12.1. The summed E-state index contributed by atoms with van der Waals surface area (Å²) in [5.41, 5.74) is 5.86. The molecule has 3 N–H and O–H groups in total. The van der Waals surface area contributed by atoms with E-state index in [1.165, 1.54) is 0 Å². The lowest BCUT2D eigenvalue weighted by atomic mass is 9.85. The molecule has 4 heteroatoms. The van der Waals surface area contributed by atoms with Crippen molar-refractivity contribution < 1.29 is 4.79 Å². The first-order valence-corrected chi connectivity index (χ1v) is 6.85. The van der Waals surface area contributed by atoms with E-state index in [0.717, 1.165) is 18.7 Å². The van der Waals surface area contributed by atoms with Crippen molar-refractivity contribution in [3.05, 3.63) is 35.9 Å². The molecule has 0 aliphatic carbocycles. The van der Waals surface area contributed by atoms with Gasteiger partial charge in [0.25, 0.3) is 0 Å². The van der Waals surface area contributed by atoms with Gasteiger partial charge in [0.15, 0.2) is 0 Å². The van der Waals surface area contributed by atoms with Crippen molar-refractivity contribution in [2.75, 3.05) is 26.7 Å². The molecule has 0 aliphatic heterocycles. The lowest BCUT2D eigenvalue weighted by molar-refractivity contribution is -0.125. The fraction of sp³-hybridized carbons (Fsp3) is 0.533. The maximum absolute atomic E-state index is 12.1. The molecule has 0 saturated carbocycles. The number of nitrogens with one attached hydrogen (secondary N) is 1. The van der Waals surface area contributed by atoms with Gasteiger partial charge in [0.2, 0.25) is 5.91 Å². The fourth-order valence-corrected chi connectivity index (χ4v) is 2.23. The predicted molar refractivity (Wildman–Crippen MR) is 78.8 cm³/mol. The van der Waals surface area contributed by atoms with Gasteiger partial charge in [-0.2, -0.15) is 0 Å². The standard InChI is InChI=1S/C15H25N3O/c1-4-17-15(14(16)19,11-12-18(3)5-2)13-9-7-6-8-10-13/h6-10,17H,4-5,11-12H2,1-3H3,(H2,16,19). The molecule has 0 bridgehead atoms. The number of likely N-dealkylation sites (N-methyl/N-ethyl adjacent to an activating group) is 1. The molecule has 0 saturated heterocycles. The summed E-state index contributed by atoms with van der Waals surface area (Å²) in [7, 11) is 2.04. The molecule has 1 aromatic carbocycles. The van der Waals surface area contributed by atoms with E-state index in [1.54, 1.807) is 0 Å². The summed E-state index contributed by atoms with van der Waals surface area (Å²) in [4.78, 5) is 14.2. The zero-order valence-corrected chi connectivity index (χ0v) is 12.1. The largest absolute Gasteiger partial charge is 0.368 e. The van der Waals surface area contributed by atoms with Gasteiger partial charge in [0.05, 0.1) is 0 Å². The first-order valence-electron chi connectivity index (χ1n) is 6.85. The van der Waals surface area contributed by atoms with Crippen LogP contribution in [-0.2, 0) is 10.3 Å². The number of nitrogens with zero attached hydrogens (tertiary/aromatic N) is 1. The Labute approximate surface area is 116 Å². The van der Waals surface area contributed by atoms with Crippen molar-refractivity contribution in [3.63, 3.8) is 0 Å². The molecule has 1 aromatic rings. The molecule has 0 aliphatic rings. The van der Waals surface area contributed by atoms with Crippen LogP contribution in [0.4, 0.5) is 0 Å². The van der Waals surface area contributed by atoms with Crippen molar-refractivity contribution in [1.82, 2.24) is 10.2 Å². The minimum Gasteiger partial charge on any atom is -0.368 e. The van der Waals surface area contributed by atoms with Gasteiger partial charge in [-0.05, 0) is 32.1 Å². The van der Waals surface area contributed by atoms with Crippen LogP contribution in [0.5, 0.6) is 0 Å². The molecular formula is C15H25N3O. The first-order chi connectivity index (χ1) is 9.06. The number of hydrogen-bond acceptors (Lipinski definition) is 3. The van der Waals surface area contributed by atoms with E-state index >= 15 is 0 Å². The Morgan fingerprint density at radius 1 is 1.32 bits per heavy atom. The van der Waals surface area contributed by atoms with Gasteiger partial charge in [-0.25, -0.2) is 0 Å². The van der Waals surface area contributed by atoms with Crippen molar-refractivity contribution >= 4 is 5.91 Å². The number of benzene rings is 1. The van der Waals surface area contributed by atoms with Crippen LogP contribution in [0.15, 0.2) is 30.3 Å². The van der Waals surface area contributed by atoms with E-state index < -0.39 is 5.54 Å².